The van der Waals surface area contributed by atoms with Crippen molar-refractivity contribution in [1.82, 2.24) is 19.9 Å². The molecule has 0 aliphatic heterocycles. The van der Waals surface area contributed by atoms with Gasteiger partial charge in [-0.05, 0) is 12.1 Å². The lowest BCUT2D eigenvalue weighted by Gasteiger charge is -2.08. The number of hydrogen-bond acceptors (Lipinski definition) is 8. The largest absolute Gasteiger partial charge is 0.497 e. The maximum Gasteiger partial charge on any atom is 0.453 e. The molecule has 144 valence electrons. The molecule has 2 N–H and O–H groups in total. The van der Waals surface area contributed by atoms with Gasteiger partial charge in [0.25, 0.3) is 5.82 Å². The molecule has 0 saturated carbocycles. The van der Waals surface area contributed by atoms with Crippen LogP contribution in [0.5, 0.6) is 11.5 Å². The van der Waals surface area contributed by atoms with Gasteiger partial charge >= 0.3 is 6.18 Å². The first kappa shape index (κ1) is 19.3. The van der Waals surface area contributed by atoms with Gasteiger partial charge in [0.05, 0.1) is 25.5 Å². The summed E-state index contributed by atoms with van der Waals surface area (Å²) < 4.78 is 49.1. The first-order chi connectivity index (χ1) is 12.8. The second kappa shape index (κ2) is 7.64. The van der Waals surface area contributed by atoms with E-state index in [1.54, 1.807) is 26.4 Å². The Balaban J connectivity index is 1.75. The summed E-state index contributed by atoms with van der Waals surface area (Å²) >= 11 is 2.41. The molecule has 0 radical (unpaired) electrons. The van der Waals surface area contributed by atoms with Crippen molar-refractivity contribution in [2.45, 2.75) is 17.1 Å². The Kier molecular flexibility index (Phi) is 5.46. The van der Waals surface area contributed by atoms with Crippen molar-refractivity contribution in [3.63, 3.8) is 0 Å². The third-order valence-electron chi connectivity index (χ3n) is 3.46. The van der Waals surface area contributed by atoms with E-state index in [2.05, 4.69) is 15.2 Å². The number of methoxy groups -OCH3 is 2. The summed E-state index contributed by atoms with van der Waals surface area (Å²) in [5.41, 5.74) is 1.47. The van der Waals surface area contributed by atoms with Crippen LogP contribution >= 0.6 is 23.1 Å². The zero-order valence-corrected chi connectivity index (χ0v) is 15.8. The van der Waals surface area contributed by atoms with Gasteiger partial charge in [-0.25, -0.2) is 9.66 Å². The lowest BCUT2D eigenvalue weighted by atomic mass is 10.2. The minimum Gasteiger partial charge on any atom is -0.497 e. The van der Waals surface area contributed by atoms with E-state index in [1.807, 2.05) is 11.4 Å². The molecule has 0 fully saturated rings. The van der Waals surface area contributed by atoms with E-state index in [0.29, 0.717) is 27.6 Å². The molecule has 0 spiro atoms. The van der Waals surface area contributed by atoms with Crippen LogP contribution in [0.2, 0.25) is 0 Å². The van der Waals surface area contributed by atoms with Gasteiger partial charge in [-0.3, -0.25) is 0 Å². The predicted molar refractivity (Wildman–Crippen MR) is 95.4 cm³/mol. The Morgan fingerprint density at radius 3 is 2.63 bits per heavy atom. The summed E-state index contributed by atoms with van der Waals surface area (Å²) in [7, 11) is 3.11. The van der Waals surface area contributed by atoms with Gasteiger partial charge in [0.15, 0.2) is 0 Å². The van der Waals surface area contributed by atoms with E-state index in [4.69, 9.17) is 15.3 Å². The maximum absolute atomic E-state index is 12.7. The molecule has 3 aromatic rings. The number of nitrogens with zero attached hydrogens (tertiary/aromatic N) is 4. The number of rotatable bonds is 6. The summed E-state index contributed by atoms with van der Waals surface area (Å²) in [4.78, 5) is 4.50. The van der Waals surface area contributed by atoms with E-state index in [0.717, 1.165) is 22.3 Å². The number of thioether (sulfide) groups is 1. The fraction of sp³-hybridized carbons (Fsp3) is 0.267. The topological polar surface area (TPSA) is 88.1 Å². The summed E-state index contributed by atoms with van der Waals surface area (Å²) in [5, 5.41) is 9.06. The number of ether oxygens (including phenoxy) is 2. The number of hydrogen-bond donors (Lipinski definition) is 1. The van der Waals surface area contributed by atoms with E-state index >= 15 is 0 Å². The average Bonchev–Trinajstić information content (AvgIpc) is 3.25. The van der Waals surface area contributed by atoms with Crippen LogP contribution in [-0.4, -0.2) is 34.1 Å². The van der Waals surface area contributed by atoms with E-state index < -0.39 is 12.0 Å². The number of halogens is 3. The number of nitrogen functional groups attached to an aromatic ring is 1. The highest BCUT2D eigenvalue weighted by molar-refractivity contribution is 7.98. The molecule has 12 heteroatoms. The quantitative estimate of drug-likeness (QED) is 0.485. The summed E-state index contributed by atoms with van der Waals surface area (Å²) in [6.07, 6.45) is -4.65. The molecule has 1 aromatic carbocycles. The van der Waals surface area contributed by atoms with Crippen molar-refractivity contribution in [3.05, 3.63) is 35.1 Å². The molecule has 2 heterocycles. The number of benzene rings is 1. The summed E-state index contributed by atoms with van der Waals surface area (Å²) in [6, 6.07) is 5.38. The van der Waals surface area contributed by atoms with Crippen LogP contribution in [0.3, 0.4) is 0 Å². The van der Waals surface area contributed by atoms with Gasteiger partial charge in [-0.15, -0.1) is 21.5 Å². The number of nitrogens with two attached hydrogens (primary N) is 1. The SMILES string of the molecule is COc1ccc(-c2nc(CSc3nnc(C(F)(F)F)n3N)cs2)c(OC)c1. The molecule has 0 aliphatic carbocycles. The fourth-order valence-corrected chi connectivity index (χ4v) is 3.88. The summed E-state index contributed by atoms with van der Waals surface area (Å²) in [6.45, 7) is 0. The van der Waals surface area contributed by atoms with Crippen LogP contribution in [0.25, 0.3) is 10.6 Å². The molecular weight excluding hydrogens is 403 g/mol. The summed E-state index contributed by atoms with van der Waals surface area (Å²) in [5.74, 6) is 5.74. The fourth-order valence-electron chi connectivity index (χ4n) is 2.18. The molecule has 0 atom stereocenters. The van der Waals surface area contributed by atoms with Gasteiger partial charge in [-0.1, -0.05) is 11.8 Å². The van der Waals surface area contributed by atoms with Gasteiger partial charge < -0.3 is 15.3 Å². The van der Waals surface area contributed by atoms with Crippen LogP contribution in [0.1, 0.15) is 11.5 Å². The molecule has 27 heavy (non-hydrogen) atoms. The monoisotopic (exact) mass is 417 g/mol. The zero-order valence-electron chi connectivity index (χ0n) is 14.1. The van der Waals surface area contributed by atoms with Gasteiger partial charge in [0.1, 0.15) is 16.5 Å². The first-order valence-corrected chi connectivity index (χ1v) is 9.27. The highest BCUT2D eigenvalue weighted by atomic mass is 32.2. The van der Waals surface area contributed by atoms with Gasteiger partial charge in [0, 0.05) is 17.2 Å². The molecule has 0 saturated heterocycles. The Morgan fingerprint density at radius 1 is 1.22 bits per heavy atom. The van der Waals surface area contributed by atoms with Crippen LogP contribution in [-0.2, 0) is 11.9 Å². The molecule has 0 unspecified atom stereocenters. The van der Waals surface area contributed by atoms with Crippen molar-refractivity contribution in [3.8, 4) is 22.1 Å². The minimum absolute atomic E-state index is 0.0427. The van der Waals surface area contributed by atoms with E-state index in [9.17, 15) is 13.2 Å². The third kappa shape index (κ3) is 4.11. The lowest BCUT2D eigenvalue weighted by Crippen LogP contribution is -2.21. The highest BCUT2D eigenvalue weighted by Gasteiger charge is 2.38. The Morgan fingerprint density at radius 2 is 2.00 bits per heavy atom. The Bertz CT molecular complexity index is 942. The van der Waals surface area contributed by atoms with Crippen LogP contribution in [0, 0.1) is 0 Å². The van der Waals surface area contributed by atoms with Crippen LogP contribution < -0.4 is 15.3 Å². The average molecular weight is 417 g/mol. The predicted octanol–water partition coefficient (Wildman–Crippen LogP) is 3.44. The van der Waals surface area contributed by atoms with E-state index in [-0.39, 0.29) is 5.16 Å². The van der Waals surface area contributed by atoms with Crippen molar-refractivity contribution >= 4 is 23.1 Å². The molecule has 3 rings (SSSR count). The van der Waals surface area contributed by atoms with E-state index in [1.165, 1.54) is 11.3 Å². The standard InChI is InChI=1S/C15H14F3N5O2S2/c1-24-9-3-4-10(11(5-9)25-2)12-20-8(6-26-12)7-27-14-22-21-13(23(14)19)15(16,17)18/h3-6H,7,19H2,1-2H3. The minimum atomic E-state index is -4.65. The van der Waals surface area contributed by atoms with Gasteiger partial charge in [0.2, 0.25) is 5.16 Å². The van der Waals surface area contributed by atoms with Crippen LogP contribution in [0.15, 0.2) is 28.7 Å². The Labute approximate surface area is 160 Å². The maximum atomic E-state index is 12.7. The molecule has 0 amide bonds. The molecule has 2 aromatic heterocycles. The normalized spacial score (nSPS) is 11.6. The first-order valence-electron chi connectivity index (χ1n) is 7.40. The molecule has 0 aliphatic rings. The zero-order chi connectivity index (χ0) is 19.6. The van der Waals surface area contributed by atoms with Crippen LogP contribution in [0.4, 0.5) is 13.2 Å². The molecule has 7 nitrogen and oxygen atoms in total. The lowest BCUT2D eigenvalue weighted by molar-refractivity contribution is -0.146. The smallest absolute Gasteiger partial charge is 0.453 e. The molecular formula is C15H14F3N5O2S2. The number of alkyl halides is 3. The Hall–Kier alpha value is -2.47. The van der Waals surface area contributed by atoms with Crippen molar-refractivity contribution in [1.29, 1.82) is 0 Å². The molecule has 0 bridgehead atoms. The van der Waals surface area contributed by atoms with Crippen molar-refractivity contribution in [2.75, 3.05) is 20.1 Å². The number of aromatic nitrogens is 4. The van der Waals surface area contributed by atoms with Gasteiger partial charge in [-0.2, -0.15) is 13.2 Å². The second-order valence-electron chi connectivity index (χ2n) is 5.17. The van der Waals surface area contributed by atoms with Crippen molar-refractivity contribution < 1.29 is 22.6 Å². The highest BCUT2D eigenvalue weighted by Crippen LogP contribution is 2.36. The third-order valence-corrected chi connectivity index (χ3v) is 5.36. The second-order valence-corrected chi connectivity index (χ2v) is 6.97. The number of thiazole rings is 1. The van der Waals surface area contributed by atoms with Crippen molar-refractivity contribution in [2.24, 2.45) is 0 Å².